The quantitative estimate of drug-likeness (QED) is 0.767. The molecule has 0 amide bonds. The van der Waals surface area contributed by atoms with Crippen LogP contribution in [0.2, 0.25) is 0 Å². The van der Waals surface area contributed by atoms with Crippen molar-refractivity contribution in [1.82, 2.24) is 0 Å². The van der Waals surface area contributed by atoms with Crippen molar-refractivity contribution in [2.45, 2.75) is 20.0 Å². The topological polar surface area (TPSA) is 46.5 Å². The van der Waals surface area contributed by atoms with Gasteiger partial charge in [-0.1, -0.05) is 17.6 Å². The predicted octanol–water partition coefficient (Wildman–Crippen LogP) is 2.09. The number of aryl methyl sites for hydroxylation is 1. The lowest BCUT2D eigenvalue weighted by Crippen LogP contribution is -2.11. The van der Waals surface area contributed by atoms with E-state index in [4.69, 9.17) is 16.3 Å². The first kappa shape index (κ1) is 11.1. The van der Waals surface area contributed by atoms with Crippen LogP contribution in [0.1, 0.15) is 22.8 Å². The van der Waals surface area contributed by atoms with Gasteiger partial charge in [0, 0.05) is 0 Å². The smallest absolute Gasteiger partial charge is 0.339 e. The number of carbonyl (C=O) groups is 1. The van der Waals surface area contributed by atoms with Crippen LogP contribution in [-0.4, -0.2) is 17.2 Å². The van der Waals surface area contributed by atoms with E-state index in [-0.39, 0.29) is 5.56 Å². The Balaban J connectivity index is 3.07. The highest BCUT2D eigenvalue weighted by Crippen LogP contribution is 2.21. The Kier molecular flexibility index (Phi) is 3.35. The molecule has 3 nitrogen and oxygen atoms in total. The summed E-state index contributed by atoms with van der Waals surface area (Å²) in [5.41, 5.74) is 1.00. The highest BCUT2D eigenvalue weighted by molar-refractivity contribution is 5.91. The van der Waals surface area contributed by atoms with Crippen LogP contribution in [0, 0.1) is 19.3 Å². The second-order valence-corrected chi connectivity index (χ2v) is 3.23. The van der Waals surface area contributed by atoms with Crippen LogP contribution in [-0.2, 0) is 0 Å². The molecular weight excluding hydrogens is 192 g/mol. The average molecular weight is 204 g/mol. The van der Waals surface area contributed by atoms with Crippen LogP contribution >= 0.6 is 0 Å². The second kappa shape index (κ2) is 4.52. The average Bonchev–Trinajstić information content (AvgIpc) is 2.20. The van der Waals surface area contributed by atoms with Gasteiger partial charge in [-0.3, -0.25) is 0 Å². The van der Waals surface area contributed by atoms with Crippen LogP contribution in [0.4, 0.5) is 0 Å². The van der Waals surface area contributed by atoms with Crippen molar-refractivity contribution in [3.05, 3.63) is 29.3 Å². The minimum Gasteiger partial charge on any atom is -0.478 e. The highest BCUT2D eigenvalue weighted by Gasteiger charge is 2.12. The monoisotopic (exact) mass is 204 g/mol. The van der Waals surface area contributed by atoms with Gasteiger partial charge in [0.15, 0.2) is 6.10 Å². The lowest BCUT2D eigenvalue weighted by Gasteiger charge is -2.11. The summed E-state index contributed by atoms with van der Waals surface area (Å²) in [6.45, 7) is 3.51. The first-order valence-electron chi connectivity index (χ1n) is 4.51. The van der Waals surface area contributed by atoms with Crippen molar-refractivity contribution in [2.75, 3.05) is 0 Å². The third kappa shape index (κ3) is 2.75. The van der Waals surface area contributed by atoms with Gasteiger partial charge in [-0.2, -0.15) is 0 Å². The molecule has 1 atom stereocenters. The Hall–Kier alpha value is -1.95. The van der Waals surface area contributed by atoms with Gasteiger partial charge in [0.1, 0.15) is 11.3 Å². The van der Waals surface area contributed by atoms with Gasteiger partial charge in [0.05, 0.1) is 0 Å². The van der Waals surface area contributed by atoms with Crippen LogP contribution in [0.3, 0.4) is 0 Å². The number of hydrogen-bond donors (Lipinski definition) is 1. The molecule has 0 fully saturated rings. The fraction of sp³-hybridized carbons (Fsp3) is 0.250. The first-order valence-corrected chi connectivity index (χ1v) is 4.51. The molecule has 1 aromatic rings. The Morgan fingerprint density at radius 1 is 1.60 bits per heavy atom. The van der Waals surface area contributed by atoms with Crippen LogP contribution in [0.25, 0.3) is 0 Å². The maximum absolute atomic E-state index is 10.9. The molecule has 0 spiro atoms. The number of terminal acetylenes is 1. The fourth-order valence-electron chi connectivity index (χ4n) is 1.14. The van der Waals surface area contributed by atoms with Crippen LogP contribution < -0.4 is 4.74 Å². The van der Waals surface area contributed by atoms with Crippen molar-refractivity contribution < 1.29 is 14.6 Å². The van der Waals surface area contributed by atoms with E-state index >= 15 is 0 Å². The molecule has 3 heteroatoms. The molecule has 1 rings (SSSR count). The van der Waals surface area contributed by atoms with Crippen molar-refractivity contribution in [3.8, 4) is 18.1 Å². The number of carboxylic acid groups (broad SMARTS) is 1. The van der Waals surface area contributed by atoms with Crippen molar-refractivity contribution in [1.29, 1.82) is 0 Å². The zero-order valence-electron chi connectivity index (χ0n) is 8.65. The summed E-state index contributed by atoms with van der Waals surface area (Å²) >= 11 is 0. The summed E-state index contributed by atoms with van der Waals surface area (Å²) < 4.78 is 5.29. The minimum absolute atomic E-state index is 0.136. The fourth-order valence-corrected chi connectivity index (χ4v) is 1.14. The maximum atomic E-state index is 10.9. The SMILES string of the molecule is C#CC(C)Oc1ccc(C)cc1C(=O)O. The Labute approximate surface area is 88.7 Å². The van der Waals surface area contributed by atoms with Gasteiger partial charge in [-0.15, -0.1) is 6.42 Å². The Morgan fingerprint density at radius 2 is 2.27 bits per heavy atom. The Morgan fingerprint density at radius 3 is 2.80 bits per heavy atom. The molecule has 0 aromatic heterocycles. The van der Waals surface area contributed by atoms with E-state index < -0.39 is 12.1 Å². The first-order chi connectivity index (χ1) is 7.04. The number of hydrogen-bond acceptors (Lipinski definition) is 2. The summed E-state index contributed by atoms with van der Waals surface area (Å²) in [5.74, 6) is 1.67. The van der Waals surface area contributed by atoms with E-state index in [1.165, 1.54) is 0 Å². The molecule has 0 saturated heterocycles. The van der Waals surface area contributed by atoms with Gasteiger partial charge in [0.2, 0.25) is 0 Å². The molecule has 1 unspecified atom stereocenters. The number of benzene rings is 1. The second-order valence-electron chi connectivity index (χ2n) is 3.23. The summed E-state index contributed by atoms with van der Waals surface area (Å²) in [5, 5.41) is 8.94. The highest BCUT2D eigenvalue weighted by atomic mass is 16.5. The predicted molar refractivity (Wildman–Crippen MR) is 57.1 cm³/mol. The maximum Gasteiger partial charge on any atom is 0.339 e. The number of ether oxygens (including phenoxy) is 1. The van der Waals surface area contributed by atoms with Crippen LogP contribution in [0.5, 0.6) is 5.75 Å². The molecule has 0 aliphatic carbocycles. The molecule has 0 aliphatic rings. The number of rotatable bonds is 3. The Bertz CT molecular complexity index is 415. The lowest BCUT2D eigenvalue weighted by molar-refractivity contribution is 0.0691. The number of aromatic carboxylic acids is 1. The summed E-state index contributed by atoms with van der Waals surface area (Å²) in [7, 11) is 0. The third-order valence-electron chi connectivity index (χ3n) is 1.90. The molecule has 1 aromatic carbocycles. The summed E-state index contributed by atoms with van der Waals surface area (Å²) in [6, 6.07) is 4.96. The summed E-state index contributed by atoms with van der Waals surface area (Å²) in [6.07, 6.45) is 4.71. The summed E-state index contributed by atoms with van der Waals surface area (Å²) in [4.78, 5) is 10.9. The molecule has 0 saturated carbocycles. The van der Waals surface area contributed by atoms with Gasteiger partial charge in [-0.05, 0) is 26.0 Å². The van der Waals surface area contributed by atoms with Gasteiger partial charge in [0.25, 0.3) is 0 Å². The van der Waals surface area contributed by atoms with Crippen molar-refractivity contribution in [3.63, 3.8) is 0 Å². The molecule has 0 bridgehead atoms. The zero-order chi connectivity index (χ0) is 11.4. The number of carboxylic acids is 1. The minimum atomic E-state index is -1.02. The molecule has 15 heavy (non-hydrogen) atoms. The molecular formula is C12H12O3. The molecule has 0 aliphatic heterocycles. The van der Waals surface area contributed by atoms with E-state index in [1.54, 1.807) is 25.1 Å². The normalized spacial score (nSPS) is 11.5. The van der Waals surface area contributed by atoms with E-state index in [2.05, 4.69) is 5.92 Å². The van der Waals surface area contributed by atoms with E-state index in [1.807, 2.05) is 6.92 Å². The molecule has 1 N–H and O–H groups in total. The van der Waals surface area contributed by atoms with Crippen molar-refractivity contribution >= 4 is 5.97 Å². The van der Waals surface area contributed by atoms with E-state index in [9.17, 15) is 4.79 Å². The van der Waals surface area contributed by atoms with Crippen molar-refractivity contribution in [2.24, 2.45) is 0 Å². The third-order valence-corrected chi connectivity index (χ3v) is 1.90. The molecule has 78 valence electrons. The molecule has 0 radical (unpaired) electrons. The molecule has 0 heterocycles. The van der Waals surface area contributed by atoms with Gasteiger partial charge >= 0.3 is 5.97 Å². The van der Waals surface area contributed by atoms with Crippen LogP contribution in [0.15, 0.2) is 18.2 Å². The zero-order valence-corrected chi connectivity index (χ0v) is 8.65. The largest absolute Gasteiger partial charge is 0.478 e. The lowest BCUT2D eigenvalue weighted by atomic mass is 10.1. The van der Waals surface area contributed by atoms with E-state index in [0.29, 0.717) is 5.75 Å². The van der Waals surface area contributed by atoms with Gasteiger partial charge < -0.3 is 9.84 Å². The van der Waals surface area contributed by atoms with E-state index in [0.717, 1.165) is 5.56 Å². The van der Waals surface area contributed by atoms with Gasteiger partial charge in [-0.25, -0.2) is 4.79 Å². The standard InChI is InChI=1S/C12H12O3/c1-4-9(3)15-11-6-5-8(2)7-10(11)12(13)14/h1,5-7,9H,2-3H3,(H,13,14).